The first-order valence-corrected chi connectivity index (χ1v) is 4.49. The van der Waals surface area contributed by atoms with E-state index in [-0.39, 0.29) is 0 Å². The van der Waals surface area contributed by atoms with Crippen molar-refractivity contribution in [1.29, 1.82) is 0 Å². The van der Waals surface area contributed by atoms with Crippen LogP contribution in [0, 0.1) is 5.82 Å². The molecule has 0 aromatic carbocycles. The summed E-state index contributed by atoms with van der Waals surface area (Å²) in [6, 6.07) is 0. The predicted octanol–water partition coefficient (Wildman–Crippen LogP) is 3.05. The molecule has 8 heteroatoms. The van der Waals surface area contributed by atoms with Gasteiger partial charge in [0.05, 0.1) is 0 Å². The predicted molar refractivity (Wildman–Crippen MR) is 44.7 cm³/mol. The summed E-state index contributed by atoms with van der Waals surface area (Å²) in [5, 5.41) is -3.52. The average molecular weight is 293 g/mol. The lowest BCUT2D eigenvalue weighted by Crippen LogP contribution is -2.25. The van der Waals surface area contributed by atoms with Gasteiger partial charge in [0.25, 0.3) is 0 Å². The summed E-state index contributed by atoms with van der Waals surface area (Å²) in [4.78, 5) is 6.06. The molecule has 1 atom stereocenters. The van der Waals surface area contributed by atoms with Crippen LogP contribution in [0.5, 0.6) is 0 Å². The van der Waals surface area contributed by atoms with Gasteiger partial charge in [-0.2, -0.15) is 8.78 Å². The summed E-state index contributed by atoms with van der Waals surface area (Å²) in [7, 11) is 0. The van der Waals surface area contributed by atoms with Crippen LogP contribution in [0.4, 0.5) is 17.6 Å². The Hall–Kier alpha value is -0.430. The highest BCUT2D eigenvalue weighted by molar-refractivity contribution is 9.09. The van der Waals surface area contributed by atoms with Crippen molar-refractivity contribution in [3.8, 4) is 0 Å². The molecule has 78 valence electrons. The van der Waals surface area contributed by atoms with Crippen molar-refractivity contribution in [2.45, 2.75) is 11.0 Å². The van der Waals surface area contributed by atoms with Gasteiger partial charge in [0.1, 0.15) is 6.33 Å². The Balaban J connectivity index is 3.26. The van der Waals surface area contributed by atoms with E-state index in [4.69, 9.17) is 11.6 Å². The summed E-state index contributed by atoms with van der Waals surface area (Å²) in [5.41, 5.74) is -1.37. The van der Waals surface area contributed by atoms with Crippen molar-refractivity contribution in [3.05, 3.63) is 23.0 Å². The zero-order valence-electron chi connectivity index (χ0n) is 6.32. The lowest BCUT2D eigenvalue weighted by molar-refractivity contribution is -0.0477. The fourth-order valence-electron chi connectivity index (χ4n) is 0.684. The van der Waals surface area contributed by atoms with Crippen LogP contribution in [0.1, 0.15) is 5.69 Å². The van der Waals surface area contributed by atoms with Crippen molar-refractivity contribution < 1.29 is 17.6 Å². The lowest BCUT2D eigenvalue weighted by atomic mass is 10.2. The van der Waals surface area contributed by atoms with Gasteiger partial charge in [-0.3, -0.25) is 0 Å². The largest absolute Gasteiger partial charge is 0.333 e. The first-order chi connectivity index (χ1) is 6.37. The number of aromatic nitrogens is 2. The maximum Gasteiger partial charge on any atom is 0.333 e. The van der Waals surface area contributed by atoms with Gasteiger partial charge in [0, 0.05) is 0 Å². The highest BCUT2D eigenvalue weighted by Crippen LogP contribution is 2.37. The Kier molecular flexibility index (Phi) is 3.31. The topological polar surface area (TPSA) is 25.8 Å². The van der Waals surface area contributed by atoms with E-state index in [9.17, 15) is 17.6 Å². The van der Waals surface area contributed by atoms with Crippen LogP contribution in [0.3, 0.4) is 0 Å². The van der Waals surface area contributed by atoms with E-state index in [0.717, 1.165) is 0 Å². The number of nitrogens with zero attached hydrogens (tertiary/aromatic N) is 2. The Morgan fingerprint density at radius 3 is 2.50 bits per heavy atom. The summed E-state index contributed by atoms with van der Waals surface area (Å²) >= 11 is 7.13. The molecule has 0 aliphatic carbocycles. The van der Waals surface area contributed by atoms with Crippen molar-refractivity contribution in [2.24, 2.45) is 0 Å². The van der Waals surface area contributed by atoms with Crippen LogP contribution in [0.2, 0.25) is 5.15 Å². The third kappa shape index (κ3) is 1.98. The molecule has 1 heterocycles. The Labute approximate surface area is 89.4 Å². The minimum Gasteiger partial charge on any atom is -0.232 e. The maximum absolute atomic E-state index is 12.9. The molecule has 1 aromatic heterocycles. The molecule has 1 unspecified atom stereocenters. The van der Waals surface area contributed by atoms with Crippen LogP contribution in [0.25, 0.3) is 0 Å². The number of hydrogen-bond acceptors (Lipinski definition) is 2. The van der Waals surface area contributed by atoms with Crippen molar-refractivity contribution in [2.75, 3.05) is 0 Å². The van der Waals surface area contributed by atoms with Crippen LogP contribution in [-0.4, -0.2) is 15.0 Å². The number of rotatable bonds is 2. The van der Waals surface area contributed by atoms with Gasteiger partial charge in [-0.25, -0.2) is 18.7 Å². The van der Waals surface area contributed by atoms with Crippen LogP contribution in [0.15, 0.2) is 6.33 Å². The molecule has 0 radical (unpaired) electrons. The van der Waals surface area contributed by atoms with Gasteiger partial charge in [-0.05, 0) is 15.9 Å². The molecular formula is C6H2BrClF4N2. The molecule has 0 aliphatic heterocycles. The number of halogens is 6. The van der Waals surface area contributed by atoms with Crippen molar-refractivity contribution >= 4 is 27.5 Å². The minimum atomic E-state index is -4.09. The molecule has 0 bridgehead atoms. The second-order valence-electron chi connectivity index (χ2n) is 2.25. The number of alkyl halides is 4. The second kappa shape index (κ2) is 3.98. The van der Waals surface area contributed by atoms with E-state index in [0.29, 0.717) is 6.33 Å². The fraction of sp³-hybridized carbons (Fsp3) is 0.333. The molecule has 0 saturated heterocycles. The summed E-state index contributed by atoms with van der Waals surface area (Å²) in [6.07, 6.45) is 0.629. The number of hydrogen-bond donors (Lipinski definition) is 0. The van der Waals surface area contributed by atoms with Gasteiger partial charge in [-0.1, -0.05) is 11.6 Å². The molecule has 0 fully saturated rings. The van der Waals surface area contributed by atoms with E-state index in [1.807, 2.05) is 15.9 Å². The van der Waals surface area contributed by atoms with Crippen molar-refractivity contribution in [1.82, 2.24) is 9.97 Å². The second-order valence-corrected chi connectivity index (χ2v) is 3.41. The van der Waals surface area contributed by atoms with Gasteiger partial charge in [0.15, 0.2) is 16.7 Å². The smallest absolute Gasteiger partial charge is 0.232 e. The third-order valence-corrected chi connectivity index (χ3v) is 2.18. The zero-order valence-corrected chi connectivity index (χ0v) is 8.66. The first-order valence-electron chi connectivity index (χ1n) is 3.19. The molecule has 0 N–H and O–H groups in total. The third-order valence-electron chi connectivity index (χ3n) is 1.34. The fourth-order valence-corrected chi connectivity index (χ4v) is 1.03. The molecule has 0 amide bonds. The van der Waals surface area contributed by atoms with Crippen LogP contribution >= 0.6 is 27.5 Å². The summed E-state index contributed by atoms with van der Waals surface area (Å²) in [6.45, 7) is 0. The molecule has 1 aromatic rings. The monoisotopic (exact) mass is 292 g/mol. The summed E-state index contributed by atoms with van der Waals surface area (Å²) < 4.78 is 51.1. The Bertz CT molecular complexity index is 347. The SMILES string of the molecule is Fc1c(Cl)ncnc1C(F)(F)C(F)Br. The van der Waals surface area contributed by atoms with E-state index < -0.39 is 27.7 Å². The molecule has 14 heavy (non-hydrogen) atoms. The highest BCUT2D eigenvalue weighted by atomic mass is 79.9. The quantitative estimate of drug-likeness (QED) is 0.476. The molecular weight excluding hydrogens is 291 g/mol. The Morgan fingerprint density at radius 2 is 2.00 bits per heavy atom. The van der Waals surface area contributed by atoms with Crippen LogP contribution in [-0.2, 0) is 5.92 Å². The van der Waals surface area contributed by atoms with E-state index in [1.165, 1.54) is 0 Å². The minimum absolute atomic E-state index is 0.629. The van der Waals surface area contributed by atoms with E-state index in [1.54, 1.807) is 0 Å². The highest BCUT2D eigenvalue weighted by Gasteiger charge is 2.45. The van der Waals surface area contributed by atoms with Crippen molar-refractivity contribution in [3.63, 3.8) is 0 Å². The Morgan fingerprint density at radius 1 is 1.43 bits per heavy atom. The molecule has 1 rings (SSSR count). The van der Waals surface area contributed by atoms with Gasteiger partial charge in [-0.15, -0.1) is 0 Å². The normalized spacial score (nSPS) is 14.1. The van der Waals surface area contributed by atoms with Gasteiger partial charge >= 0.3 is 5.92 Å². The standard InChI is InChI=1S/C6H2BrClF4N2/c7-5(10)6(11,12)3-2(9)4(8)14-1-13-3/h1,5H. The zero-order chi connectivity index (χ0) is 10.9. The molecule has 0 spiro atoms. The van der Waals surface area contributed by atoms with E-state index in [2.05, 4.69) is 9.97 Å². The molecule has 0 saturated carbocycles. The molecule has 2 nitrogen and oxygen atoms in total. The van der Waals surface area contributed by atoms with E-state index >= 15 is 0 Å². The van der Waals surface area contributed by atoms with Gasteiger partial charge < -0.3 is 0 Å². The first kappa shape index (κ1) is 11.6. The average Bonchev–Trinajstić information content (AvgIpc) is 2.09. The van der Waals surface area contributed by atoms with Gasteiger partial charge in [0.2, 0.25) is 5.08 Å². The van der Waals surface area contributed by atoms with Crippen LogP contribution < -0.4 is 0 Å². The maximum atomic E-state index is 12.9. The summed E-state index contributed by atoms with van der Waals surface area (Å²) in [5.74, 6) is -5.61. The molecule has 0 aliphatic rings. The lowest BCUT2D eigenvalue weighted by Gasteiger charge is -2.15.